The summed E-state index contributed by atoms with van der Waals surface area (Å²) >= 11 is 0. The largest absolute Gasteiger partial charge is 0.491 e. The molecule has 0 fully saturated rings. The number of carbonyl (C=O) groups is 1. The van der Waals surface area contributed by atoms with E-state index in [1.807, 2.05) is 32.8 Å². The molecule has 0 aliphatic carbocycles. The molecule has 10 nitrogen and oxygen atoms in total. The summed E-state index contributed by atoms with van der Waals surface area (Å²) < 4.78 is 39.4. The molecule has 0 aliphatic heterocycles. The third-order valence-corrected chi connectivity index (χ3v) is 5.73. The smallest absolute Gasteiger partial charge is 0.419 e. The van der Waals surface area contributed by atoms with Crippen molar-refractivity contribution in [2.45, 2.75) is 26.5 Å². The van der Waals surface area contributed by atoms with Crippen molar-refractivity contribution in [2.75, 3.05) is 36.4 Å². The van der Waals surface area contributed by atoms with E-state index in [-0.39, 0.29) is 6.10 Å². The van der Waals surface area contributed by atoms with Gasteiger partial charge in [0.2, 0.25) is 15.9 Å². The molecule has 0 saturated heterocycles. The highest BCUT2D eigenvalue weighted by Gasteiger charge is 2.18. The monoisotopic (exact) mass is 476 g/mol. The number of ether oxygens (including phenoxy) is 1. The number of amides is 1. The number of nitrogens with one attached hydrogen (secondary N) is 2. The van der Waals surface area contributed by atoms with Crippen molar-refractivity contribution >= 4 is 38.4 Å². The number of benzene rings is 2. The maximum absolute atomic E-state index is 12.4. The van der Waals surface area contributed by atoms with Crippen LogP contribution in [0.2, 0.25) is 0 Å². The Kier molecular flexibility index (Phi) is 7.44. The molecule has 0 spiro atoms. The van der Waals surface area contributed by atoms with E-state index in [0.717, 1.165) is 0 Å². The molecule has 2 N–H and O–H groups in total. The van der Waals surface area contributed by atoms with E-state index in [1.165, 1.54) is 4.57 Å². The molecule has 0 saturated carbocycles. The number of anilines is 2. The highest BCUT2D eigenvalue weighted by molar-refractivity contribution is 7.93. The van der Waals surface area contributed by atoms with Crippen LogP contribution < -0.4 is 20.5 Å². The number of oxazole rings is 1. The lowest BCUT2D eigenvalue weighted by atomic mass is 10.2. The second kappa shape index (κ2) is 10.1. The van der Waals surface area contributed by atoms with E-state index in [9.17, 15) is 18.0 Å². The number of aromatic nitrogens is 1. The third kappa shape index (κ3) is 6.83. The number of nitrogens with zero attached hydrogens (tertiary/aromatic N) is 2. The molecule has 1 amide bonds. The van der Waals surface area contributed by atoms with Crippen LogP contribution >= 0.6 is 0 Å². The molecule has 0 aliphatic rings. The summed E-state index contributed by atoms with van der Waals surface area (Å²) in [7, 11) is -0.156. The van der Waals surface area contributed by atoms with Gasteiger partial charge in [-0.15, -0.1) is 0 Å². The fourth-order valence-electron chi connectivity index (χ4n) is 3.11. The Balaban J connectivity index is 1.66. The quantitative estimate of drug-likeness (QED) is 0.460. The van der Waals surface area contributed by atoms with E-state index in [4.69, 9.17) is 9.15 Å². The van der Waals surface area contributed by atoms with Gasteiger partial charge in [-0.05, 0) is 70.4 Å². The molecule has 0 radical (unpaired) electrons. The second-order valence-electron chi connectivity index (χ2n) is 8.11. The zero-order valence-electron chi connectivity index (χ0n) is 19.0. The summed E-state index contributed by atoms with van der Waals surface area (Å²) in [6.07, 6.45) is 0.000186. The Hall–Kier alpha value is -3.31. The summed E-state index contributed by atoms with van der Waals surface area (Å²) in [6, 6.07) is 11.1. The van der Waals surface area contributed by atoms with Crippen LogP contribution in [0.25, 0.3) is 11.1 Å². The van der Waals surface area contributed by atoms with Crippen molar-refractivity contribution in [3.8, 4) is 5.75 Å². The minimum atomic E-state index is -3.94. The number of carbonyl (C=O) groups excluding carboxylic acids is 1. The summed E-state index contributed by atoms with van der Waals surface area (Å²) in [6.45, 7) is 4.82. The van der Waals surface area contributed by atoms with Crippen molar-refractivity contribution in [1.82, 2.24) is 9.47 Å². The normalized spacial score (nSPS) is 11.8. The average Bonchev–Trinajstić information content (AvgIpc) is 3.01. The number of fused-ring (bicyclic) bond motifs is 1. The molecule has 178 valence electrons. The van der Waals surface area contributed by atoms with Crippen molar-refractivity contribution in [2.24, 2.45) is 0 Å². The highest BCUT2D eigenvalue weighted by atomic mass is 32.2. The van der Waals surface area contributed by atoms with E-state index < -0.39 is 27.4 Å². The van der Waals surface area contributed by atoms with Crippen molar-refractivity contribution in [1.29, 1.82) is 0 Å². The van der Waals surface area contributed by atoms with Gasteiger partial charge in [-0.3, -0.25) is 14.1 Å². The van der Waals surface area contributed by atoms with Gasteiger partial charge in [-0.25, -0.2) is 13.2 Å². The number of hydrogen-bond acceptors (Lipinski definition) is 7. The first kappa shape index (κ1) is 24.3. The van der Waals surface area contributed by atoms with Crippen molar-refractivity contribution < 1.29 is 22.4 Å². The fraction of sp³-hybridized carbons (Fsp3) is 0.364. The van der Waals surface area contributed by atoms with Crippen LogP contribution in [0, 0.1) is 0 Å². The standard InChI is InChI=1S/C22H28N4O6S/c1-15(2)31-18-8-5-16(6-9-18)24-33(29,30)14-21(27)23-17-7-10-20-19(13-17)26(22(28)32-20)12-11-25(3)4/h5-10,13,15,24H,11-12,14H2,1-4H3,(H,23,27). The average molecular weight is 477 g/mol. The molecule has 3 rings (SSSR count). The van der Waals surface area contributed by atoms with Gasteiger partial charge >= 0.3 is 5.76 Å². The lowest BCUT2D eigenvalue weighted by Gasteiger charge is -2.12. The van der Waals surface area contributed by atoms with Crippen LogP contribution in [0.3, 0.4) is 0 Å². The number of sulfonamides is 1. The van der Waals surface area contributed by atoms with E-state index in [2.05, 4.69) is 10.0 Å². The molecule has 0 unspecified atom stereocenters. The first-order valence-electron chi connectivity index (χ1n) is 10.4. The molecule has 0 bridgehead atoms. The zero-order valence-corrected chi connectivity index (χ0v) is 19.8. The van der Waals surface area contributed by atoms with E-state index in [1.54, 1.807) is 42.5 Å². The summed E-state index contributed by atoms with van der Waals surface area (Å²) in [4.78, 5) is 26.4. The second-order valence-corrected chi connectivity index (χ2v) is 9.83. The number of hydrogen-bond donors (Lipinski definition) is 2. The van der Waals surface area contributed by atoms with E-state index in [0.29, 0.717) is 41.3 Å². The lowest BCUT2D eigenvalue weighted by molar-refractivity contribution is -0.113. The lowest BCUT2D eigenvalue weighted by Crippen LogP contribution is -2.27. The van der Waals surface area contributed by atoms with Crippen molar-refractivity contribution in [3.05, 3.63) is 53.0 Å². The van der Waals surface area contributed by atoms with Crippen LogP contribution in [0.1, 0.15) is 13.8 Å². The van der Waals surface area contributed by atoms with Crippen LogP contribution in [0.4, 0.5) is 11.4 Å². The molecule has 1 heterocycles. The molecule has 0 atom stereocenters. The van der Waals surface area contributed by atoms with Gasteiger partial charge in [0.1, 0.15) is 11.5 Å². The zero-order chi connectivity index (χ0) is 24.2. The number of likely N-dealkylation sites (N-methyl/N-ethyl adjacent to an activating group) is 1. The van der Waals surface area contributed by atoms with Crippen molar-refractivity contribution in [3.63, 3.8) is 0 Å². The summed E-state index contributed by atoms with van der Waals surface area (Å²) in [5.74, 6) is -1.36. The van der Waals surface area contributed by atoms with Gasteiger partial charge in [0.15, 0.2) is 5.58 Å². The first-order valence-corrected chi connectivity index (χ1v) is 12.0. The SMILES string of the molecule is CC(C)Oc1ccc(NS(=O)(=O)CC(=O)Nc2ccc3oc(=O)n(CCN(C)C)c3c2)cc1. The van der Waals surface area contributed by atoms with E-state index >= 15 is 0 Å². The predicted octanol–water partition coefficient (Wildman–Crippen LogP) is 2.32. The Bertz CT molecular complexity index is 1280. The molecule has 3 aromatic rings. The Morgan fingerprint density at radius 1 is 1.12 bits per heavy atom. The molecule has 11 heteroatoms. The maximum atomic E-state index is 12.4. The minimum absolute atomic E-state index is 0.000186. The fourth-order valence-corrected chi connectivity index (χ4v) is 4.10. The molecule has 33 heavy (non-hydrogen) atoms. The predicted molar refractivity (Wildman–Crippen MR) is 127 cm³/mol. The van der Waals surface area contributed by atoms with Crippen LogP contribution in [-0.2, 0) is 21.4 Å². The maximum Gasteiger partial charge on any atom is 0.419 e. The third-order valence-electron chi connectivity index (χ3n) is 4.54. The van der Waals surface area contributed by atoms with Crippen LogP contribution in [0.15, 0.2) is 51.7 Å². The highest BCUT2D eigenvalue weighted by Crippen LogP contribution is 2.20. The number of rotatable bonds is 10. The Morgan fingerprint density at radius 3 is 2.42 bits per heavy atom. The summed E-state index contributed by atoms with van der Waals surface area (Å²) in [5, 5.41) is 2.56. The van der Waals surface area contributed by atoms with Crippen LogP contribution in [-0.4, -0.2) is 56.3 Å². The summed E-state index contributed by atoms with van der Waals surface area (Å²) in [5.41, 5.74) is 1.58. The van der Waals surface area contributed by atoms with Gasteiger partial charge in [0, 0.05) is 24.5 Å². The topological polar surface area (TPSA) is 123 Å². The molecule has 2 aromatic carbocycles. The first-order chi connectivity index (χ1) is 15.5. The van der Waals surface area contributed by atoms with Gasteiger partial charge in [0.25, 0.3) is 0 Å². The Labute approximate surface area is 192 Å². The van der Waals surface area contributed by atoms with Gasteiger partial charge < -0.3 is 19.4 Å². The molecular formula is C22H28N4O6S. The minimum Gasteiger partial charge on any atom is -0.491 e. The molecule has 1 aromatic heterocycles. The Morgan fingerprint density at radius 2 is 1.79 bits per heavy atom. The van der Waals surface area contributed by atoms with Gasteiger partial charge in [0.05, 0.1) is 11.6 Å². The van der Waals surface area contributed by atoms with Gasteiger partial charge in [-0.2, -0.15) is 0 Å². The van der Waals surface area contributed by atoms with Crippen LogP contribution in [0.5, 0.6) is 5.75 Å². The van der Waals surface area contributed by atoms with Gasteiger partial charge in [-0.1, -0.05) is 0 Å². The molecular weight excluding hydrogens is 448 g/mol.